The number of rotatable bonds is 7. The molecule has 1 heterocycles. The second kappa shape index (κ2) is 9.53. The van der Waals surface area contributed by atoms with Crippen molar-refractivity contribution in [2.24, 2.45) is 5.92 Å². The van der Waals surface area contributed by atoms with E-state index in [-0.39, 0.29) is 17.4 Å². The molecule has 8 heteroatoms. The number of amides is 1. The molecular weight excluding hydrogens is 422 g/mol. The summed E-state index contributed by atoms with van der Waals surface area (Å²) in [6.45, 7) is 6.35. The number of nitrogens with zero attached hydrogens (tertiary/aromatic N) is 2. The first kappa shape index (κ1) is 22.2. The molecule has 0 bridgehead atoms. The molecule has 0 fully saturated rings. The van der Waals surface area contributed by atoms with Crippen LogP contribution in [0.25, 0.3) is 10.9 Å². The molecule has 0 aliphatic heterocycles. The molecule has 0 saturated heterocycles. The number of carbonyl (C=O) groups is 1. The molecule has 3 rings (SSSR count). The van der Waals surface area contributed by atoms with Crippen LogP contribution in [0.5, 0.6) is 5.75 Å². The van der Waals surface area contributed by atoms with Crippen LogP contribution in [0.15, 0.2) is 52.4 Å². The lowest BCUT2D eigenvalue weighted by Crippen LogP contribution is -2.28. The Bertz CT molecular complexity index is 1130. The molecule has 0 saturated carbocycles. The Kier molecular flexibility index (Phi) is 7.05. The number of benzene rings is 2. The number of fused-ring (bicyclic) bond motifs is 1. The summed E-state index contributed by atoms with van der Waals surface area (Å²) in [5.41, 5.74) is 1.05. The van der Waals surface area contributed by atoms with E-state index in [1.807, 2.05) is 26.0 Å². The summed E-state index contributed by atoms with van der Waals surface area (Å²) >= 11 is 7.33. The van der Waals surface area contributed by atoms with Gasteiger partial charge < -0.3 is 10.1 Å². The van der Waals surface area contributed by atoms with Crippen molar-refractivity contribution in [3.63, 3.8) is 0 Å². The molecule has 0 unspecified atom stereocenters. The number of hydrogen-bond donors (Lipinski definition) is 1. The molecule has 0 aliphatic carbocycles. The Balaban J connectivity index is 1.90. The van der Waals surface area contributed by atoms with Gasteiger partial charge in [0.25, 0.3) is 5.56 Å². The highest BCUT2D eigenvalue weighted by Crippen LogP contribution is 2.26. The molecule has 30 heavy (non-hydrogen) atoms. The van der Waals surface area contributed by atoms with Crippen molar-refractivity contribution in [1.82, 2.24) is 9.55 Å². The summed E-state index contributed by atoms with van der Waals surface area (Å²) in [6.07, 6.45) is 0. The van der Waals surface area contributed by atoms with E-state index in [9.17, 15) is 9.59 Å². The van der Waals surface area contributed by atoms with Gasteiger partial charge in [-0.25, -0.2) is 4.98 Å². The number of anilines is 1. The third-order valence-electron chi connectivity index (χ3n) is 4.42. The van der Waals surface area contributed by atoms with E-state index >= 15 is 0 Å². The van der Waals surface area contributed by atoms with Gasteiger partial charge in [0.15, 0.2) is 5.16 Å². The zero-order valence-electron chi connectivity index (χ0n) is 17.3. The van der Waals surface area contributed by atoms with Gasteiger partial charge in [-0.1, -0.05) is 43.3 Å². The highest BCUT2D eigenvalue weighted by molar-refractivity contribution is 8.00. The zero-order chi connectivity index (χ0) is 21.8. The smallest absolute Gasteiger partial charge is 0.262 e. The molecule has 3 aromatic rings. The van der Waals surface area contributed by atoms with E-state index < -0.39 is 5.25 Å². The van der Waals surface area contributed by atoms with Crippen molar-refractivity contribution in [1.29, 1.82) is 0 Å². The normalized spacial score (nSPS) is 12.2. The van der Waals surface area contributed by atoms with Crippen LogP contribution in [-0.4, -0.2) is 27.8 Å². The molecule has 0 spiro atoms. The minimum Gasteiger partial charge on any atom is -0.497 e. The van der Waals surface area contributed by atoms with Gasteiger partial charge >= 0.3 is 0 Å². The van der Waals surface area contributed by atoms with Crippen molar-refractivity contribution >= 4 is 45.9 Å². The fraction of sp³-hybridized carbons (Fsp3) is 0.318. The van der Waals surface area contributed by atoms with Gasteiger partial charge in [-0.2, -0.15) is 0 Å². The van der Waals surface area contributed by atoms with Gasteiger partial charge in [-0.05, 0) is 43.2 Å². The fourth-order valence-electron chi connectivity index (χ4n) is 2.95. The Morgan fingerprint density at radius 2 is 2.00 bits per heavy atom. The molecule has 1 N–H and O–H groups in total. The quantitative estimate of drug-likeness (QED) is 0.416. The van der Waals surface area contributed by atoms with Crippen LogP contribution < -0.4 is 15.6 Å². The lowest BCUT2D eigenvalue weighted by molar-refractivity contribution is -0.115. The molecule has 0 aliphatic rings. The predicted molar refractivity (Wildman–Crippen MR) is 123 cm³/mol. The first-order valence-electron chi connectivity index (χ1n) is 9.60. The Morgan fingerprint density at radius 3 is 2.70 bits per heavy atom. The van der Waals surface area contributed by atoms with Crippen LogP contribution in [0.3, 0.4) is 0 Å². The largest absolute Gasteiger partial charge is 0.497 e. The SMILES string of the molecule is COc1cccc(NC(=O)[C@H](C)Sc2nc3ccc(Cl)cc3c(=O)n2CC(C)C)c1. The summed E-state index contributed by atoms with van der Waals surface area (Å²) in [7, 11) is 1.58. The van der Waals surface area contributed by atoms with Crippen LogP contribution in [0.1, 0.15) is 20.8 Å². The van der Waals surface area contributed by atoms with E-state index in [2.05, 4.69) is 10.3 Å². The predicted octanol–water partition coefficient (Wildman–Crippen LogP) is 4.83. The van der Waals surface area contributed by atoms with Crippen LogP contribution in [0, 0.1) is 5.92 Å². The summed E-state index contributed by atoms with van der Waals surface area (Å²) in [5, 5.41) is 3.89. The maximum atomic E-state index is 13.1. The minimum atomic E-state index is -0.466. The lowest BCUT2D eigenvalue weighted by atomic mass is 10.2. The molecule has 2 aromatic carbocycles. The monoisotopic (exact) mass is 445 g/mol. The summed E-state index contributed by atoms with van der Waals surface area (Å²) in [5.74, 6) is 0.713. The average molecular weight is 446 g/mol. The van der Waals surface area contributed by atoms with Gasteiger partial charge in [0.1, 0.15) is 5.75 Å². The van der Waals surface area contributed by atoms with E-state index in [4.69, 9.17) is 16.3 Å². The van der Waals surface area contributed by atoms with Crippen LogP contribution in [0.4, 0.5) is 5.69 Å². The summed E-state index contributed by atoms with van der Waals surface area (Å²) < 4.78 is 6.82. The number of halogens is 1. The standard InChI is InChI=1S/C22H24ClN3O3S/c1-13(2)12-26-21(28)18-10-15(23)8-9-19(18)25-22(26)30-14(3)20(27)24-16-6-5-7-17(11-16)29-4/h5-11,13-14H,12H2,1-4H3,(H,24,27)/t14-/m0/s1. The number of methoxy groups -OCH3 is 1. The highest BCUT2D eigenvalue weighted by Gasteiger charge is 2.20. The fourth-order valence-corrected chi connectivity index (χ4v) is 4.04. The maximum Gasteiger partial charge on any atom is 0.262 e. The molecule has 6 nitrogen and oxygen atoms in total. The summed E-state index contributed by atoms with van der Waals surface area (Å²) in [6, 6.07) is 12.2. The van der Waals surface area contributed by atoms with Crippen LogP contribution >= 0.6 is 23.4 Å². The third-order valence-corrected chi connectivity index (χ3v) is 5.74. The first-order chi connectivity index (χ1) is 14.3. The van der Waals surface area contributed by atoms with Crippen molar-refractivity contribution in [3.05, 3.63) is 57.8 Å². The van der Waals surface area contributed by atoms with Gasteiger partial charge in [0.2, 0.25) is 5.91 Å². The molecule has 158 valence electrons. The van der Waals surface area contributed by atoms with Gasteiger partial charge in [-0.3, -0.25) is 14.2 Å². The second-order valence-electron chi connectivity index (χ2n) is 7.35. The lowest BCUT2D eigenvalue weighted by Gasteiger charge is -2.18. The van der Waals surface area contributed by atoms with E-state index in [0.717, 1.165) is 0 Å². The van der Waals surface area contributed by atoms with Crippen molar-refractivity contribution in [2.45, 2.75) is 37.7 Å². The topological polar surface area (TPSA) is 73.2 Å². The zero-order valence-corrected chi connectivity index (χ0v) is 18.9. The Labute approximate surface area is 184 Å². The van der Waals surface area contributed by atoms with Gasteiger partial charge in [0.05, 0.1) is 23.3 Å². The van der Waals surface area contributed by atoms with Crippen LogP contribution in [-0.2, 0) is 11.3 Å². The van der Waals surface area contributed by atoms with Crippen molar-refractivity contribution in [3.8, 4) is 5.75 Å². The summed E-state index contributed by atoms with van der Waals surface area (Å²) in [4.78, 5) is 30.5. The molecule has 1 aromatic heterocycles. The van der Waals surface area contributed by atoms with E-state index in [1.54, 1.807) is 48.9 Å². The second-order valence-corrected chi connectivity index (χ2v) is 9.09. The van der Waals surface area contributed by atoms with E-state index in [1.165, 1.54) is 11.8 Å². The number of thioether (sulfide) groups is 1. The molecule has 1 atom stereocenters. The first-order valence-corrected chi connectivity index (χ1v) is 10.9. The van der Waals surface area contributed by atoms with Crippen molar-refractivity contribution < 1.29 is 9.53 Å². The van der Waals surface area contributed by atoms with Crippen molar-refractivity contribution in [2.75, 3.05) is 12.4 Å². The minimum absolute atomic E-state index is 0.154. The Morgan fingerprint density at radius 1 is 1.23 bits per heavy atom. The van der Waals surface area contributed by atoms with E-state index in [0.29, 0.717) is 39.1 Å². The molecular formula is C22H24ClN3O3S. The maximum absolute atomic E-state index is 13.1. The number of nitrogens with one attached hydrogen (secondary N) is 1. The number of ether oxygens (including phenoxy) is 1. The molecule has 1 amide bonds. The van der Waals surface area contributed by atoms with Gasteiger partial charge in [-0.15, -0.1) is 0 Å². The number of hydrogen-bond acceptors (Lipinski definition) is 5. The van der Waals surface area contributed by atoms with Gasteiger partial charge in [0, 0.05) is 23.3 Å². The van der Waals surface area contributed by atoms with Crippen LogP contribution in [0.2, 0.25) is 5.02 Å². The average Bonchev–Trinajstić information content (AvgIpc) is 2.71. The molecule has 0 radical (unpaired) electrons. The number of carbonyl (C=O) groups excluding carboxylic acids is 1. The third kappa shape index (κ3) is 5.15. The Hall–Kier alpha value is -2.51. The highest BCUT2D eigenvalue weighted by atomic mass is 35.5. The number of aromatic nitrogens is 2.